The fourth-order valence-corrected chi connectivity index (χ4v) is 3.51. The zero-order valence-electron chi connectivity index (χ0n) is 8.37. The number of hydrogen-bond donors (Lipinski definition) is 1. The van der Waals surface area contributed by atoms with Crippen LogP contribution in [-0.4, -0.2) is 18.1 Å². The van der Waals surface area contributed by atoms with Gasteiger partial charge in [0, 0.05) is 5.41 Å². The SMILES string of the molecule is NCCC1(c2ccco2)CCSCC1. The maximum atomic E-state index is 5.70. The van der Waals surface area contributed by atoms with E-state index in [9.17, 15) is 0 Å². The summed E-state index contributed by atoms with van der Waals surface area (Å²) in [4.78, 5) is 0. The van der Waals surface area contributed by atoms with Gasteiger partial charge < -0.3 is 10.2 Å². The van der Waals surface area contributed by atoms with Gasteiger partial charge in [0.2, 0.25) is 0 Å². The van der Waals surface area contributed by atoms with Gasteiger partial charge >= 0.3 is 0 Å². The molecule has 0 aromatic carbocycles. The van der Waals surface area contributed by atoms with E-state index >= 15 is 0 Å². The maximum absolute atomic E-state index is 5.70. The first-order chi connectivity index (χ1) is 6.87. The second-order valence-corrected chi connectivity index (χ2v) is 5.13. The van der Waals surface area contributed by atoms with Crippen molar-refractivity contribution in [2.24, 2.45) is 5.73 Å². The van der Waals surface area contributed by atoms with Gasteiger partial charge in [-0.05, 0) is 49.4 Å². The highest BCUT2D eigenvalue weighted by atomic mass is 32.2. The number of rotatable bonds is 3. The lowest BCUT2D eigenvalue weighted by Gasteiger charge is -2.34. The Morgan fingerprint density at radius 3 is 2.79 bits per heavy atom. The Kier molecular flexibility index (Phi) is 3.19. The molecule has 1 aliphatic rings. The van der Waals surface area contributed by atoms with Crippen LogP contribution in [-0.2, 0) is 5.41 Å². The van der Waals surface area contributed by atoms with E-state index in [1.54, 1.807) is 6.26 Å². The molecule has 2 rings (SSSR count). The van der Waals surface area contributed by atoms with Gasteiger partial charge in [0.1, 0.15) is 5.76 Å². The lowest BCUT2D eigenvalue weighted by molar-refractivity contribution is 0.295. The Balaban J connectivity index is 2.20. The molecule has 0 spiro atoms. The van der Waals surface area contributed by atoms with E-state index in [0.717, 1.165) is 18.7 Å². The van der Waals surface area contributed by atoms with Crippen LogP contribution in [0.4, 0.5) is 0 Å². The fourth-order valence-electron chi connectivity index (χ4n) is 2.24. The molecule has 0 radical (unpaired) electrons. The molecule has 0 unspecified atom stereocenters. The number of thioether (sulfide) groups is 1. The Hall–Kier alpha value is -0.410. The first-order valence-electron chi connectivity index (χ1n) is 5.19. The monoisotopic (exact) mass is 211 g/mol. The van der Waals surface area contributed by atoms with E-state index in [4.69, 9.17) is 10.2 Å². The van der Waals surface area contributed by atoms with Gasteiger partial charge in [-0.2, -0.15) is 11.8 Å². The maximum Gasteiger partial charge on any atom is 0.110 e. The van der Waals surface area contributed by atoms with Crippen LogP contribution in [0.1, 0.15) is 25.0 Å². The molecule has 3 heteroatoms. The lowest BCUT2D eigenvalue weighted by Crippen LogP contribution is -2.33. The highest BCUT2D eigenvalue weighted by Crippen LogP contribution is 2.40. The minimum Gasteiger partial charge on any atom is -0.469 e. The van der Waals surface area contributed by atoms with Gasteiger partial charge in [0.25, 0.3) is 0 Å². The molecular weight excluding hydrogens is 194 g/mol. The van der Waals surface area contributed by atoms with Crippen LogP contribution in [0.25, 0.3) is 0 Å². The number of nitrogens with two attached hydrogens (primary N) is 1. The molecule has 1 fully saturated rings. The van der Waals surface area contributed by atoms with E-state index in [1.165, 1.54) is 24.3 Å². The topological polar surface area (TPSA) is 39.2 Å². The second-order valence-electron chi connectivity index (χ2n) is 3.91. The molecule has 0 aliphatic carbocycles. The third-order valence-corrected chi connectivity index (χ3v) is 4.10. The Morgan fingerprint density at radius 1 is 1.43 bits per heavy atom. The molecule has 0 saturated carbocycles. The summed E-state index contributed by atoms with van der Waals surface area (Å²) in [6.45, 7) is 0.755. The summed E-state index contributed by atoms with van der Waals surface area (Å²) in [6.07, 6.45) is 5.25. The van der Waals surface area contributed by atoms with Gasteiger partial charge in [0.05, 0.1) is 6.26 Å². The van der Waals surface area contributed by atoms with Gasteiger partial charge in [0.15, 0.2) is 0 Å². The fraction of sp³-hybridized carbons (Fsp3) is 0.636. The van der Waals surface area contributed by atoms with E-state index < -0.39 is 0 Å². The normalized spacial score (nSPS) is 20.9. The van der Waals surface area contributed by atoms with Crippen molar-refractivity contribution in [2.45, 2.75) is 24.7 Å². The highest BCUT2D eigenvalue weighted by molar-refractivity contribution is 7.99. The van der Waals surface area contributed by atoms with Crippen LogP contribution in [0.2, 0.25) is 0 Å². The number of hydrogen-bond acceptors (Lipinski definition) is 3. The quantitative estimate of drug-likeness (QED) is 0.834. The summed E-state index contributed by atoms with van der Waals surface area (Å²) >= 11 is 2.04. The molecule has 1 aromatic rings. The van der Waals surface area contributed by atoms with Gasteiger partial charge in [-0.15, -0.1) is 0 Å². The molecule has 2 nitrogen and oxygen atoms in total. The molecule has 1 saturated heterocycles. The van der Waals surface area contributed by atoms with Crippen molar-refractivity contribution in [3.63, 3.8) is 0 Å². The van der Waals surface area contributed by atoms with Crippen molar-refractivity contribution in [2.75, 3.05) is 18.1 Å². The number of furan rings is 1. The highest BCUT2D eigenvalue weighted by Gasteiger charge is 2.35. The molecule has 2 N–H and O–H groups in total. The van der Waals surface area contributed by atoms with Crippen LogP contribution in [0.15, 0.2) is 22.8 Å². The van der Waals surface area contributed by atoms with Crippen LogP contribution >= 0.6 is 11.8 Å². The molecule has 1 aliphatic heterocycles. The first kappa shape index (κ1) is 10.1. The Labute approximate surface area is 89.2 Å². The van der Waals surface area contributed by atoms with Crippen LogP contribution in [0.3, 0.4) is 0 Å². The molecule has 14 heavy (non-hydrogen) atoms. The van der Waals surface area contributed by atoms with Crippen molar-refractivity contribution < 1.29 is 4.42 Å². The zero-order chi connectivity index (χ0) is 9.86. The molecule has 78 valence electrons. The molecule has 0 amide bonds. The van der Waals surface area contributed by atoms with Crippen molar-refractivity contribution in [1.82, 2.24) is 0 Å². The lowest BCUT2D eigenvalue weighted by atomic mass is 9.76. The average molecular weight is 211 g/mol. The van der Waals surface area contributed by atoms with Gasteiger partial charge in [-0.25, -0.2) is 0 Å². The molecule has 0 atom stereocenters. The smallest absolute Gasteiger partial charge is 0.110 e. The summed E-state index contributed by atoms with van der Waals surface area (Å²) in [5, 5.41) is 0. The largest absolute Gasteiger partial charge is 0.469 e. The third-order valence-electron chi connectivity index (χ3n) is 3.12. The standard InChI is InChI=1S/C11H17NOS/c12-6-3-11(4-8-14-9-5-11)10-2-1-7-13-10/h1-2,7H,3-6,8-9,12H2. The minimum absolute atomic E-state index is 0.240. The Morgan fingerprint density at radius 2 is 2.21 bits per heavy atom. The Bertz CT molecular complexity index is 259. The summed E-state index contributed by atoms with van der Waals surface area (Å²) in [6, 6.07) is 4.08. The van der Waals surface area contributed by atoms with Crippen molar-refractivity contribution in [3.05, 3.63) is 24.2 Å². The molecular formula is C11H17NOS. The first-order valence-corrected chi connectivity index (χ1v) is 6.35. The summed E-state index contributed by atoms with van der Waals surface area (Å²) in [7, 11) is 0. The average Bonchev–Trinajstić information content (AvgIpc) is 2.73. The van der Waals surface area contributed by atoms with Crippen molar-refractivity contribution >= 4 is 11.8 Å². The predicted molar refractivity (Wildman–Crippen MR) is 60.6 cm³/mol. The van der Waals surface area contributed by atoms with Gasteiger partial charge in [-0.3, -0.25) is 0 Å². The molecule has 1 aromatic heterocycles. The minimum atomic E-state index is 0.240. The van der Waals surface area contributed by atoms with Crippen molar-refractivity contribution in [1.29, 1.82) is 0 Å². The van der Waals surface area contributed by atoms with E-state index in [-0.39, 0.29) is 5.41 Å². The van der Waals surface area contributed by atoms with Crippen LogP contribution in [0.5, 0.6) is 0 Å². The van der Waals surface area contributed by atoms with E-state index in [2.05, 4.69) is 6.07 Å². The van der Waals surface area contributed by atoms with Crippen LogP contribution in [0, 0.1) is 0 Å². The zero-order valence-corrected chi connectivity index (χ0v) is 9.19. The molecule has 2 heterocycles. The summed E-state index contributed by atoms with van der Waals surface area (Å²) in [5.74, 6) is 3.62. The summed E-state index contributed by atoms with van der Waals surface area (Å²) < 4.78 is 5.56. The molecule has 0 bridgehead atoms. The second kappa shape index (κ2) is 4.41. The van der Waals surface area contributed by atoms with E-state index in [1.807, 2.05) is 17.8 Å². The third kappa shape index (κ3) is 1.84. The van der Waals surface area contributed by atoms with E-state index in [0.29, 0.717) is 0 Å². The summed E-state index contributed by atoms with van der Waals surface area (Å²) in [5.41, 5.74) is 5.94. The van der Waals surface area contributed by atoms with Crippen molar-refractivity contribution in [3.8, 4) is 0 Å². The van der Waals surface area contributed by atoms with Gasteiger partial charge in [-0.1, -0.05) is 0 Å². The predicted octanol–water partition coefficient (Wildman–Crippen LogP) is 2.39. The van der Waals surface area contributed by atoms with Crippen LogP contribution < -0.4 is 5.73 Å².